The van der Waals surface area contributed by atoms with Gasteiger partial charge in [-0.2, -0.15) is 0 Å². The molecule has 1 aliphatic rings. The Kier molecular flexibility index (Phi) is 7.97. The van der Waals surface area contributed by atoms with E-state index in [1.165, 1.54) is 22.3 Å². The molecule has 3 aromatic rings. The maximum absolute atomic E-state index is 6.55. The van der Waals surface area contributed by atoms with Gasteiger partial charge in [0.15, 0.2) is 0 Å². The second-order valence-electron chi connectivity index (χ2n) is 11.7. The smallest absolute Gasteiger partial charge is 0.123 e. The van der Waals surface area contributed by atoms with Gasteiger partial charge in [0.25, 0.3) is 0 Å². The molecule has 0 bridgehead atoms. The van der Waals surface area contributed by atoms with Gasteiger partial charge in [-0.3, -0.25) is 4.90 Å². The summed E-state index contributed by atoms with van der Waals surface area (Å²) in [5.41, 5.74) is 14.4. The molecule has 7 heteroatoms. The highest BCUT2D eigenvalue weighted by Crippen LogP contribution is 2.44. The van der Waals surface area contributed by atoms with E-state index in [-0.39, 0.29) is 17.4 Å². The lowest BCUT2D eigenvalue weighted by Crippen LogP contribution is -2.41. The molecule has 0 radical (unpaired) electrons. The van der Waals surface area contributed by atoms with Crippen molar-refractivity contribution in [3.63, 3.8) is 0 Å². The van der Waals surface area contributed by atoms with Gasteiger partial charge in [-0.15, -0.1) is 0 Å². The van der Waals surface area contributed by atoms with Crippen molar-refractivity contribution in [1.29, 1.82) is 0 Å². The molecule has 0 aliphatic carbocycles. The number of imidazole rings is 1. The predicted molar refractivity (Wildman–Crippen MR) is 153 cm³/mol. The lowest BCUT2D eigenvalue weighted by Gasteiger charge is -2.34. The Bertz CT molecular complexity index is 1230. The minimum absolute atomic E-state index is 0.00689. The summed E-state index contributed by atoms with van der Waals surface area (Å²) >= 11 is 0. The molecule has 4 rings (SSSR count). The van der Waals surface area contributed by atoms with E-state index < -0.39 is 0 Å². The molecular formula is C30H44N6O. The summed E-state index contributed by atoms with van der Waals surface area (Å²) in [5.74, 6) is 7.30. The van der Waals surface area contributed by atoms with Crippen LogP contribution in [0.4, 0.5) is 11.4 Å². The van der Waals surface area contributed by atoms with Crippen LogP contribution >= 0.6 is 0 Å². The van der Waals surface area contributed by atoms with Gasteiger partial charge in [-0.1, -0.05) is 45.0 Å². The topological polar surface area (TPSA) is 85.6 Å². The van der Waals surface area contributed by atoms with Crippen molar-refractivity contribution >= 4 is 11.4 Å². The van der Waals surface area contributed by atoms with E-state index in [1.54, 1.807) is 5.01 Å². The van der Waals surface area contributed by atoms with Gasteiger partial charge < -0.3 is 20.0 Å². The Labute approximate surface area is 222 Å². The first kappa shape index (κ1) is 27.2. The number of nitrogens with zero attached hydrogens (tertiary/aromatic N) is 4. The third-order valence-electron chi connectivity index (χ3n) is 7.63. The number of nitrogens with two attached hydrogens (primary N) is 2. The predicted octanol–water partition coefficient (Wildman–Crippen LogP) is 4.84. The number of morpholine rings is 1. The average molecular weight is 505 g/mol. The van der Waals surface area contributed by atoms with Crippen LogP contribution in [-0.2, 0) is 17.8 Å². The highest BCUT2D eigenvalue weighted by Gasteiger charge is 2.30. The third kappa shape index (κ3) is 6.00. The second kappa shape index (κ2) is 10.9. The summed E-state index contributed by atoms with van der Waals surface area (Å²) in [6, 6.07) is 11.1. The normalized spacial score (nSPS) is 17.7. The van der Waals surface area contributed by atoms with Crippen molar-refractivity contribution in [2.45, 2.75) is 66.7 Å². The SMILES string of the molecule is Cc1ccc(C(c2ccc(N(C)N)c(N)c2C)C(C)(C)C)cc1Cn1ccnc1CN1CCOC(C)C1. The molecule has 200 valence electrons. The number of rotatable bonds is 7. The molecule has 2 heterocycles. The number of aromatic nitrogens is 2. The van der Waals surface area contributed by atoms with Crippen LogP contribution in [-0.4, -0.2) is 47.3 Å². The number of anilines is 2. The van der Waals surface area contributed by atoms with E-state index in [0.29, 0.717) is 0 Å². The third-order valence-corrected chi connectivity index (χ3v) is 7.63. The van der Waals surface area contributed by atoms with E-state index in [4.69, 9.17) is 21.3 Å². The van der Waals surface area contributed by atoms with Crippen LogP contribution in [0.1, 0.15) is 67.3 Å². The fourth-order valence-electron chi connectivity index (χ4n) is 5.59. The first-order valence-electron chi connectivity index (χ1n) is 13.3. The van der Waals surface area contributed by atoms with Crippen molar-refractivity contribution < 1.29 is 4.74 Å². The standard InChI is InChI=1S/C30H44N6O/c1-20-8-9-23(28(30(4,5)6)25-10-11-26(34(7)32)29(31)22(25)3)16-24(20)18-36-13-12-33-27(36)19-35-14-15-37-21(2)17-35/h8-13,16,21,28H,14-15,17-19,31-32H2,1-7H3. The highest BCUT2D eigenvalue weighted by atomic mass is 16.5. The zero-order chi connectivity index (χ0) is 26.9. The molecule has 0 saturated carbocycles. The molecule has 37 heavy (non-hydrogen) atoms. The molecule has 1 saturated heterocycles. The van der Waals surface area contributed by atoms with E-state index in [9.17, 15) is 0 Å². The van der Waals surface area contributed by atoms with Gasteiger partial charge in [0.2, 0.25) is 0 Å². The Hall–Kier alpha value is -2.87. The summed E-state index contributed by atoms with van der Waals surface area (Å²) in [6.45, 7) is 17.6. The summed E-state index contributed by atoms with van der Waals surface area (Å²) in [6.07, 6.45) is 4.28. The quantitative estimate of drug-likeness (QED) is 0.272. The maximum atomic E-state index is 6.55. The number of hydrogen-bond donors (Lipinski definition) is 2. The molecule has 2 atom stereocenters. The lowest BCUT2D eigenvalue weighted by molar-refractivity contribution is -0.0222. The van der Waals surface area contributed by atoms with Crippen molar-refractivity contribution in [2.75, 3.05) is 37.5 Å². The zero-order valence-electron chi connectivity index (χ0n) is 23.6. The second-order valence-corrected chi connectivity index (χ2v) is 11.7. The van der Waals surface area contributed by atoms with E-state index >= 15 is 0 Å². The summed E-state index contributed by atoms with van der Waals surface area (Å²) < 4.78 is 8.00. The first-order valence-corrected chi connectivity index (χ1v) is 13.3. The van der Waals surface area contributed by atoms with Crippen LogP contribution < -0.4 is 16.6 Å². The summed E-state index contributed by atoms with van der Waals surface area (Å²) in [5, 5.41) is 1.59. The van der Waals surface area contributed by atoms with Crippen LogP contribution in [0.5, 0.6) is 0 Å². The Morgan fingerprint density at radius 1 is 1.16 bits per heavy atom. The highest BCUT2D eigenvalue weighted by molar-refractivity contribution is 5.72. The molecule has 1 aromatic heterocycles. The fraction of sp³-hybridized carbons (Fsp3) is 0.500. The molecule has 1 fully saturated rings. The molecule has 0 amide bonds. The maximum Gasteiger partial charge on any atom is 0.123 e. The Morgan fingerprint density at radius 3 is 2.59 bits per heavy atom. The minimum atomic E-state index is -0.00689. The van der Waals surface area contributed by atoms with E-state index in [0.717, 1.165) is 55.5 Å². The van der Waals surface area contributed by atoms with Gasteiger partial charge in [0.05, 0.1) is 30.6 Å². The van der Waals surface area contributed by atoms with Crippen LogP contribution in [0.3, 0.4) is 0 Å². The van der Waals surface area contributed by atoms with Gasteiger partial charge in [0.1, 0.15) is 5.82 Å². The average Bonchev–Trinajstić information content (AvgIpc) is 3.24. The van der Waals surface area contributed by atoms with Gasteiger partial charge in [-0.25, -0.2) is 10.8 Å². The van der Waals surface area contributed by atoms with E-state index in [2.05, 4.69) is 81.5 Å². The lowest BCUT2D eigenvalue weighted by atomic mass is 9.71. The molecule has 4 N–H and O–H groups in total. The van der Waals surface area contributed by atoms with Crippen molar-refractivity contribution in [3.8, 4) is 0 Å². The number of ether oxygens (including phenoxy) is 1. The minimum Gasteiger partial charge on any atom is -0.397 e. The number of nitrogen functional groups attached to an aromatic ring is 1. The monoisotopic (exact) mass is 504 g/mol. The first-order chi connectivity index (χ1) is 17.5. The van der Waals surface area contributed by atoms with Crippen LogP contribution in [0, 0.1) is 19.3 Å². The summed E-state index contributed by atoms with van der Waals surface area (Å²) in [7, 11) is 1.82. The molecule has 0 spiro atoms. The molecule has 7 nitrogen and oxygen atoms in total. The number of benzene rings is 2. The van der Waals surface area contributed by atoms with Crippen molar-refractivity contribution in [3.05, 3.63) is 76.4 Å². The largest absolute Gasteiger partial charge is 0.397 e. The van der Waals surface area contributed by atoms with Crippen molar-refractivity contribution in [1.82, 2.24) is 14.5 Å². The fourth-order valence-corrected chi connectivity index (χ4v) is 5.59. The molecular weight excluding hydrogens is 460 g/mol. The van der Waals surface area contributed by atoms with Crippen molar-refractivity contribution in [2.24, 2.45) is 11.3 Å². The summed E-state index contributed by atoms with van der Waals surface area (Å²) in [4.78, 5) is 7.13. The van der Waals surface area contributed by atoms with Crippen LogP contribution in [0.15, 0.2) is 42.7 Å². The molecule has 2 unspecified atom stereocenters. The van der Waals surface area contributed by atoms with Gasteiger partial charge >= 0.3 is 0 Å². The number of hydrogen-bond acceptors (Lipinski definition) is 6. The van der Waals surface area contributed by atoms with Crippen LogP contribution in [0.2, 0.25) is 0 Å². The molecule has 1 aliphatic heterocycles. The number of aryl methyl sites for hydroxylation is 1. The van der Waals surface area contributed by atoms with Crippen LogP contribution in [0.25, 0.3) is 0 Å². The Balaban J connectivity index is 1.66. The zero-order valence-corrected chi connectivity index (χ0v) is 23.6. The van der Waals surface area contributed by atoms with Gasteiger partial charge in [0, 0.05) is 45.0 Å². The number of hydrazine groups is 1. The van der Waals surface area contributed by atoms with E-state index in [1.807, 2.05) is 19.3 Å². The Morgan fingerprint density at radius 2 is 1.92 bits per heavy atom. The molecule has 2 aromatic carbocycles. The van der Waals surface area contributed by atoms with Gasteiger partial charge in [-0.05, 0) is 60.1 Å².